The van der Waals surface area contributed by atoms with E-state index < -0.39 is 0 Å². The fraction of sp³-hybridized carbons (Fsp3) is 0.571. The van der Waals surface area contributed by atoms with Crippen LogP contribution < -0.4 is 20.1 Å². The van der Waals surface area contributed by atoms with E-state index in [1.165, 1.54) is 0 Å². The number of ether oxygens (including phenoxy) is 4. The second-order valence-corrected chi connectivity index (χ2v) is 13.4. The molecular weight excluding hydrogens is 632 g/mol. The van der Waals surface area contributed by atoms with E-state index in [-0.39, 0.29) is 30.5 Å². The normalized spacial score (nSPS) is 23.3. The zero-order valence-corrected chi connectivity index (χ0v) is 29.4. The van der Waals surface area contributed by atoms with E-state index in [0.717, 1.165) is 68.3 Å². The molecule has 3 heterocycles. The first-order valence-corrected chi connectivity index (χ1v) is 17.4. The lowest BCUT2D eigenvalue weighted by molar-refractivity contribution is -0.564. The lowest BCUT2D eigenvalue weighted by atomic mass is 9.86. The highest BCUT2D eigenvalue weighted by molar-refractivity contribution is 6.32. The molecule has 13 heteroatoms. The Hall–Kier alpha value is -3.74. The SMILES string of the molecule is COCCC(C)Oc1nn(C2CCC(/C=[N+]3/C[C@@H](C)O[C@@H](C)C3)CC2)cc1Nc1ncc(-c2ccc(Cl)c(O[C@@H](C)CNC=N)c2)cn1. The van der Waals surface area contributed by atoms with Crippen LogP contribution in [0, 0.1) is 11.3 Å². The number of hydrogen-bond acceptors (Lipinski definition) is 9. The van der Waals surface area contributed by atoms with Gasteiger partial charge in [0, 0.05) is 44.0 Å². The highest BCUT2D eigenvalue weighted by atomic mass is 35.5. The molecule has 1 saturated heterocycles. The maximum Gasteiger partial charge on any atom is 0.257 e. The van der Waals surface area contributed by atoms with Crippen LogP contribution in [0.2, 0.25) is 5.02 Å². The highest BCUT2D eigenvalue weighted by Gasteiger charge is 2.29. The second kappa shape index (κ2) is 17.1. The molecule has 2 fully saturated rings. The van der Waals surface area contributed by atoms with E-state index in [0.29, 0.717) is 41.7 Å². The van der Waals surface area contributed by atoms with Crippen LogP contribution in [0.3, 0.4) is 0 Å². The van der Waals surface area contributed by atoms with Crippen molar-refractivity contribution in [2.75, 3.05) is 38.7 Å². The summed E-state index contributed by atoms with van der Waals surface area (Å²) in [4.78, 5) is 9.22. The van der Waals surface area contributed by atoms with Crippen LogP contribution in [-0.4, -0.2) is 94.6 Å². The van der Waals surface area contributed by atoms with E-state index >= 15 is 0 Å². The number of hydrogen-bond donors (Lipinski definition) is 3. The van der Waals surface area contributed by atoms with E-state index in [4.69, 9.17) is 41.1 Å². The summed E-state index contributed by atoms with van der Waals surface area (Å²) in [6, 6.07) is 5.87. The number of halogens is 1. The quantitative estimate of drug-likeness (QED) is 0.0985. The highest BCUT2D eigenvalue weighted by Crippen LogP contribution is 2.36. The van der Waals surface area contributed by atoms with Crippen LogP contribution in [0.4, 0.5) is 11.6 Å². The van der Waals surface area contributed by atoms with Gasteiger partial charge in [-0.3, -0.25) is 10.1 Å². The molecular formula is C35H50ClN8O4+. The molecule has 0 amide bonds. The molecule has 0 bridgehead atoms. The molecule has 2 aliphatic rings. The Morgan fingerprint density at radius 1 is 1.06 bits per heavy atom. The average molecular weight is 682 g/mol. The first kappa shape index (κ1) is 35.6. The molecule has 3 aromatic rings. The van der Waals surface area contributed by atoms with Gasteiger partial charge in [0.25, 0.3) is 5.88 Å². The predicted octanol–water partition coefficient (Wildman–Crippen LogP) is 6.13. The zero-order valence-electron chi connectivity index (χ0n) is 28.7. The third-order valence-corrected chi connectivity index (χ3v) is 9.03. The summed E-state index contributed by atoms with van der Waals surface area (Å²) in [6.07, 6.45) is 14.5. The molecule has 1 saturated carbocycles. The molecule has 3 N–H and O–H groups in total. The van der Waals surface area contributed by atoms with Crippen molar-refractivity contribution in [3.8, 4) is 22.8 Å². The summed E-state index contributed by atoms with van der Waals surface area (Å²) in [5.41, 5.74) is 2.43. The third kappa shape index (κ3) is 9.90. The van der Waals surface area contributed by atoms with Crippen molar-refractivity contribution < 1.29 is 23.5 Å². The lowest BCUT2D eigenvalue weighted by Crippen LogP contribution is -2.41. The number of rotatable bonds is 15. The van der Waals surface area contributed by atoms with Gasteiger partial charge in [-0.15, -0.1) is 5.10 Å². The summed E-state index contributed by atoms with van der Waals surface area (Å²) in [5, 5.41) is 18.8. The van der Waals surface area contributed by atoms with Crippen molar-refractivity contribution in [1.29, 1.82) is 5.41 Å². The maximum atomic E-state index is 7.16. The largest absolute Gasteiger partial charge is 0.487 e. The Kier molecular flexibility index (Phi) is 12.7. The molecule has 4 atom stereocenters. The van der Waals surface area contributed by atoms with Crippen LogP contribution in [0.1, 0.15) is 65.8 Å². The first-order valence-electron chi connectivity index (χ1n) is 17.0. The Balaban J connectivity index is 1.27. The van der Waals surface area contributed by atoms with Gasteiger partial charge in [0.15, 0.2) is 13.1 Å². The van der Waals surface area contributed by atoms with Crippen molar-refractivity contribution >= 4 is 35.8 Å². The summed E-state index contributed by atoms with van der Waals surface area (Å²) in [6.45, 7) is 11.3. The molecule has 260 valence electrons. The third-order valence-electron chi connectivity index (χ3n) is 8.72. The monoisotopic (exact) mass is 681 g/mol. The van der Waals surface area contributed by atoms with Crippen LogP contribution in [-0.2, 0) is 9.47 Å². The molecule has 48 heavy (non-hydrogen) atoms. The van der Waals surface area contributed by atoms with Crippen molar-refractivity contribution in [3.05, 3.63) is 41.8 Å². The number of aromatic nitrogens is 4. The summed E-state index contributed by atoms with van der Waals surface area (Å²) in [7, 11) is 1.69. The molecule has 1 unspecified atom stereocenters. The summed E-state index contributed by atoms with van der Waals surface area (Å²) >= 11 is 6.40. The fourth-order valence-corrected chi connectivity index (χ4v) is 6.50. The minimum atomic E-state index is -0.173. The van der Waals surface area contributed by atoms with Crippen LogP contribution in [0.15, 0.2) is 36.8 Å². The van der Waals surface area contributed by atoms with E-state index in [9.17, 15) is 0 Å². The van der Waals surface area contributed by atoms with Gasteiger partial charge in [-0.2, -0.15) is 0 Å². The Labute approximate surface area is 288 Å². The zero-order chi connectivity index (χ0) is 34.0. The van der Waals surface area contributed by atoms with Crippen LogP contribution >= 0.6 is 11.6 Å². The molecule has 1 aromatic carbocycles. The van der Waals surface area contributed by atoms with Crippen molar-refractivity contribution in [1.82, 2.24) is 25.1 Å². The van der Waals surface area contributed by atoms with Crippen molar-refractivity contribution in [2.24, 2.45) is 5.92 Å². The van der Waals surface area contributed by atoms with E-state index in [1.54, 1.807) is 25.6 Å². The van der Waals surface area contributed by atoms with E-state index in [2.05, 4.69) is 49.9 Å². The number of morpholine rings is 1. The number of anilines is 2. The molecule has 0 radical (unpaired) electrons. The Morgan fingerprint density at radius 3 is 2.48 bits per heavy atom. The van der Waals surface area contributed by atoms with Gasteiger partial charge < -0.3 is 29.6 Å². The van der Waals surface area contributed by atoms with Gasteiger partial charge in [-0.1, -0.05) is 17.7 Å². The van der Waals surface area contributed by atoms with Crippen LogP contribution in [0.25, 0.3) is 11.1 Å². The molecule has 12 nitrogen and oxygen atoms in total. The topological polar surface area (TPSA) is 131 Å². The first-order chi connectivity index (χ1) is 23.2. The Bertz CT molecular complexity index is 1500. The summed E-state index contributed by atoms with van der Waals surface area (Å²) in [5.74, 6) is 2.10. The number of methoxy groups -OCH3 is 1. The molecule has 5 rings (SSSR count). The lowest BCUT2D eigenvalue weighted by Gasteiger charge is -2.28. The molecule has 2 aromatic heterocycles. The minimum Gasteiger partial charge on any atom is -0.487 e. The molecule has 1 aliphatic carbocycles. The van der Waals surface area contributed by atoms with Crippen molar-refractivity contribution in [3.63, 3.8) is 0 Å². The second-order valence-electron chi connectivity index (χ2n) is 13.0. The van der Waals surface area contributed by atoms with Gasteiger partial charge in [-0.25, -0.2) is 14.5 Å². The van der Waals surface area contributed by atoms with Gasteiger partial charge in [0.05, 0.1) is 36.2 Å². The minimum absolute atomic E-state index is 0.0780. The Morgan fingerprint density at radius 2 is 1.79 bits per heavy atom. The van der Waals surface area contributed by atoms with Crippen molar-refractivity contribution in [2.45, 2.75) is 90.3 Å². The maximum absolute atomic E-state index is 7.16. The average Bonchev–Trinajstić information content (AvgIpc) is 3.45. The predicted molar refractivity (Wildman–Crippen MR) is 189 cm³/mol. The summed E-state index contributed by atoms with van der Waals surface area (Å²) < 4.78 is 28.0. The van der Waals surface area contributed by atoms with E-state index in [1.807, 2.05) is 32.2 Å². The van der Waals surface area contributed by atoms with Gasteiger partial charge in [0.2, 0.25) is 5.95 Å². The number of nitrogens with one attached hydrogen (secondary N) is 3. The number of benzene rings is 1. The van der Waals surface area contributed by atoms with Crippen LogP contribution in [0.5, 0.6) is 11.6 Å². The van der Waals surface area contributed by atoms with Gasteiger partial charge in [-0.05, 0) is 71.1 Å². The van der Waals surface area contributed by atoms with Gasteiger partial charge >= 0.3 is 0 Å². The molecule has 0 spiro atoms. The fourth-order valence-electron chi connectivity index (χ4n) is 6.34. The number of nitrogens with zero attached hydrogens (tertiary/aromatic N) is 5. The molecule has 1 aliphatic heterocycles. The smallest absolute Gasteiger partial charge is 0.257 e. The standard InChI is InChI=1S/C35H50ClN8O4/c1-23(12-13-45-5)48-34-32(21-44(42-34)30-9-6-27(7-10-30)20-43-18-25(3)46-26(4)19-43)41-35-39-16-29(17-40-35)28-8-11-31(36)33(14-28)47-24(2)15-38-22-37/h8,11,14,16-17,20-27,30H,6-7,9-10,12-13,15,18-19H2,1-5H3,(H2,37,38)(H,39,40,41)/q+1/b43-20-/t23?,24-,25+,26-,27?,30?/m0/s1. The van der Waals surface area contributed by atoms with Gasteiger partial charge in [0.1, 0.15) is 36.0 Å².